The van der Waals surface area contributed by atoms with E-state index in [-0.39, 0.29) is 5.69 Å². The first-order valence-corrected chi connectivity index (χ1v) is 9.75. The van der Waals surface area contributed by atoms with Gasteiger partial charge < -0.3 is 14.8 Å². The Morgan fingerprint density at radius 1 is 1.17 bits per heavy atom. The molecule has 2 aromatic heterocycles. The number of benzene rings is 1. The minimum atomic E-state index is -4.79. The molecule has 0 saturated carbocycles. The van der Waals surface area contributed by atoms with Crippen molar-refractivity contribution in [2.45, 2.75) is 13.3 Å². The first kappa shape index (κ1) is 20.8. The van der Waals surface area contributed by atoms with E-state index in [0.29, 0.717) is 15.6 Å². The van der Waals surface area contributed by atoms with Crippen LogP contribution < -0.4 is 10.1 Å². The molecule has 1 aromatic carbocycles. The molecule has 0 unspecified atom stereocenters. The van der Waals surface area contributed by atoms with Gasteiger partial charge in [0.15, 0.2) is 6.61 Å². The lowest BCUT2D eigenvalue weighted by molar-refractivity contribution is -0.274. The summed E-state index contributed by atoms with van der Waals surface area (Å²) in [5.41, 5.74) is 0.735. The van der Waals surface area contributed by atoms with Crippen LogP contribution in [0.5, 0.6) is 5.75 Å². The fourth-order valence-corrected chi connectivity index (χ4v) is 3.98. The van der Waals surface area contributed by atoms with E-state index in [9.17, 15) is 22.8 Å². The number of carbonyl (C=O) groups is 2. The van der Waals surface area contributed by atoms with Crippen molar-refractivity contribution in [2.75, 3.05) is 11.9 Å². The highest BCUT2D eigenvalue weighted by atomic mass is 32.1. The van der Waals surface area contributed by atoms with Crippen molar-refractivity contribution >= 4 is 40.2 Å². The fraction of sp³-hybridized carbons (Fsp3) is 0.167. The topological polar surface area (TPSA) is 77.5 Å². The molecule has 29 heavy (non-hydrogen) atoms. The Kier molecular flexibility index (Phi) is 6.18. The van der Waals surface area contributed by atoms with Crippen molar-refractivity contribution in [2.24, 2.45) is 0 Å². The van der Waals surface area contributed by atoms with Crippen molar-refractivity contribution < 1.29 is 32.2 Å². The summed E-state index contributed by atoms with van der Waals surface area (Å²) in [7, 11) is 0. The molecule has 3 rings (SSSR count). The molecular weight excluding hydrogens is 429 g/mol. The van der Waals surface area contributed by atoms with Gasteiger partial charge in [-0.3, -0.25) is 4.79 Å². The van der Waals surface area contributed by atoms with Crippen LogP contribution >= 0.6 is 22.7 Å². The molecule has 0 aliphatic carbocycles. The maximum atomic E-state index is 12.2. The van der Waals surface area contributed by atoms with E-state index in [1.54, 1.807) is 6.92 Å². The van der Waals surface area contributed by atoms with E-state index in [2.05, 4.69) is 15.0 Å². The van der Waals surface area contributed by atoms with Crippen LogP contribution in [0, 0.1) is 6.92 Å². The molecular formula is C18H13F3N2O4S2. The minimum Gasteiger partial charge on any atom is -0.451 e. The van der Waals surface area contributed by atoms with Gasteiger partial charge in [-0.1, -0.05) is 6.07 Å². The minimum absolute atomic E-state index is 0.231. The van der Waals surface area contributed by atoms with E-state index < -0.39 is 30.6 Å². The number of thiophene rings is 1. The summed E-state index contributed by atoms with van der Waals surface area (Å²) in [6, 6.07) is 8.35. The Morgan fingerprint density at radius 3 is 2.52 bits per heavy atom. The maximum absolute atomic E-state index is 12.2. The monoisotopic (exact) mass is 442 g/mol. The summed E-state index contributed by atoms with van der Waals surface area (Å²) < 4.78 is 45.2. The molecule has 152 valence electrons. The highest BCUT2D eigenvalue weighted by molar-refractivity contribution is 7.22. The van der Waals surface area contributed by atoms with Crippen molar-refractivity contribution in [3.63, 3.8) is 0 Å². The van der Waals surface area contributed by atoms with E-state index in [0.717, 1.165) is 17.0 Å². The summed E-state index contributed by atoms with van der Waals surface area (Å²) in [4.78, 5) is 29.7. The molecule has 11 heteroatoms. The summed E-state index contributed by atoms with van der Waals surface area (Å²) >= 11 is 2.67. The molecule has 3 aromatic rings. The van der Waals surface area contributed by atoms with Gasteiger partial charge in [0.25, 0.3) is 5.91 Å². The zero-order chi connectivity index (χ0) is 21.0. The molecule has 0 saturated heterocycles. The molecule has 1 N–H and O–H groups in total. The van der Waals surface area contributed by atoms with Gasteiger partial charge in [-0.05, 0) is 42.6 Å². The Labute approximate surface area is 170 Å². The molecule has 0 aliphatic rings. The van der Waals surface area contributed by atoms with Crippen LogP contribution in [-0.4, -0.2) is 29.8 Å². The van der Waals surface area contributed by atoms with Crippen LogP contribution in [0.4, 0.5) is 18.9 Å². The lowest BCUT2D eigenvalue weighted by Gasteiger charge is -2.10. The molecule has 0 radical (unpaired) electrons. The Hall–Kier alpha value is -2.92. The van der Waals surface area contributed by atoms with Gasteiger partial charge in [0, 0.05) is 5.69 Å². The van der Waals surface area contributed by atoms with Gasteiger partial charge in [-0.25, -0.2) is 9.78 Å². The number of aromatic nitrogens is 1. The Balaban J connectivity index is 1.53. The number of hydrogen-bond acceptors (Lipinski definition) is 7. The number of thiazole rings is 1. The number of esters is 1. The van der Waals surface area contributed by atoms with Crippen LogP contribution in [0.25, 0.3) is 9.88 Å². The number of aryl methyl sites for hydroxylation is 1. The predicted octanol–water partition coefficient (Wildman–Crippen LogP) is 4.87. The molecule has 0 bridgehead atoms. The lowest BCUT2D eigenvalue weighted by atomic mass is 10.3. The quantitative estimate of drug-likeness (QED) is 0.551. The van der Waals surface area contributed by atoms with E-state index in [1.165, 1.54) is 34.8 Å². The van der Waals surface area contributed by atoms with E-state index >= 15 is 0 Å². The molecule has 0 fully saturated rings. The highest BCUT2D eigenvalue weighted by Crippen LogP contribution is 2.31. The van der Waals surface area contributed by atoms with Crippen LogP contribution in [0.1, 0.15) is 15.4 Å². The molecule has 0 spiro atoms. The van der Waals surface area contributed by atoms with Crippen LogP contribution in [0.3, 0.4) is 0 Å². The number of alkyl halides is 3. The first-order chi connectivity index (χ1) is 13.7. The summed E-state index contributed by atoms with van der Waals surface area (Å²) in [5, 5.41) is 5.01. The number of anilines is 1. The van der Waals surface area contributed by atoms with Crippen molar-refractivity contribution in [1.29, 1.82) is 0 Å². The van der Waals surface area contributed by atoms with Crippen molar-refractivity contribution in [3.05, 3.63) is 52.3 Å². The second-order valence-electron chi connectivity index (χ2n) is 5.61. The van der Waals surface area contributed by atoms with Crippen LogP contribution in [0.2, 0.25) is 0 Å². The lowest BCUT2D eigenvalue weighted by Crippen LogP contribution is -2.21. The zero-order valence-corrected chi connectivity index (χ0v) is 16.4. The number of carbonyl (C=O) groups excluding carboxylic acids is 2. The largest absolute Gasteiger partial charge is 0.573 e. The number of nitrogens with zero attached hydrogens (tertiary/aromatic N) is 1. The number of rotatable bonds is 6. The average molecular weight is 442 g/mol. The molecule has 0 atom stereocenters. The van der Waals surface area contributed by atoms with E-state index in [4.69, 9.17) is 4.74 Å². The second kappa shape index (κ2) is 8.62. The van der Waals surface area contributed by atoms with Crippen LogP contribution in [0.15, 0.2) is 41.8 Å². The molecule has 2 heterocycles. The van der Waals surface area contributed by atoms with Crippen LogP contribution in [-0.2, 0) is 9.53 Å². The maximum Gasteiger partial charge on any atom is 0.573 e. The third-order valence-corrected chi connectivity index (χ3v) is 5.60. The number of halogens is 3. The molecule has 0 aliphatic heterocycles. The summed E-state index contributed by atoms with van der Waals surface area (Å²) in [6.45, 7) is 1.13. The highest BCUT2D eigenvalue weighted by Gasteiger charge is 2.31. The smallest absolute Gasteiger partial charge is 0.451 e. The van der Waals surface area contributed by atoms with Crippen molar-refractivity contribution in [3.8, 4) is 15.6 Å². The molecule has 6 nitrogen and oxygen atoms in total. The van der Waals surface area contributed by atoms with Gasteiger partial charge in [0.1, 0.15) is 15.6 Å². The number of ether oxygens (including phenoxy) is 2. The van der Waals surface area contributed by atoms with Gasteiger partial charge in [-0.2, -0.15) is 0 Å². The zero-order valence-electron chi connectivity index (χ0n) is 14.8. The Morgan fingerprint density at radius 2 is 1.90 bits per heavy atom. The van der Waals surface area contributed by atoms with Crippen molar-refractivity contribution in [1.82, 2.24) is 4.98 Å². The number of hydrogen-bond donors (Lipinski definition) is 1. The first-order valence-electron chi connectivity index (χ1n) is 8.05. The standard InChI is InChI=1S/C18H13F3N2O4S2/c1-10-15(29-16(22-10)13-3-2-8-28-13)17(25)26-9-14(24)23-11-4-6-12(7-5-11)27-18(19,20)21/h2-8H,9H2,1H3,(H,23,24). The normalized spacial score (nSPS) is 11.2. The summed E-state index contributed by atoms with van der Waals surface area (Å²) in [5.74, 6) is -1.72. The predicted molar refractivity (Wildman–Crippen MR) is 102 cm³/mol. The molecule has 1 amide bonds. The van der Waals surface area contributed by atoms with Gasteiger partial charge >= 0.3 is 12.3 Å². The number of nitrogens with one attached hydrogen (secondary N) is 1. The average Bonchev–Trinajstić information content (AvgIpc) is 3.30. The number of amides is 1. The van der Waals surface area contributed by atoms with E-state index in [1.807, 2.05) is 17.5 Å². The SMILES string of the molecule is Cc1nc(-c2cccs2)sc1C(=O)OCC(=O)Nc1ccc(OC(F)(F)F)cc1. The third-order valence-electron chi connectivity index (χ3n) is 3.42. The van der Waals surface area contributed by atoms with Gasteiger partial charge in [0.05, 0.1) is 10.6 Å². The summed E-state index contributed by atoms with van der Waals surface area (Å²) in [6.07, 6.45) is -4.79. The Bertz CT molecular complexity index is 999. The third kappa shape index (κ3) is 5.78. The second-order valence-corrected chi connectivity index (χ2v) is 7.55. The van der Waals surface area contributed by atoms with Gasteiger partial charge in [0.2, 0.25) is 0 Å². The van der Waals surface area contributed by atoms with Gasteiger partial charge in [-0.15, -0.1) is 35.8 Å². The fourth-order valence-electron chi connectivity index (χ4n) is 2.23.